The van der Waals surface area contributed by atoms with Crippen LogP contribution in [0.25, 0.3) is 0 Å². The van der Waals surface area contributed by atoms with Crippen molar-refractivity contribution < 1.29 is 9.53 Å². The Bertz CT molecular complexity index is 409. The lowest BCUT2D eigenvalue weighted by Gasteiger charge is -2.44. The van der Waals surface area contributed by atoms with Gasteiger partial charge in [-0.3, -0.25) is 9.69 Å². The zero-order valence-corrected chi connectivity index (χ0v) is 13.9. The Morgan fingerprint density at radius 3 is 2.68 bits per heavy atom. The minimum Gasteiger partial charge on any atom is -0.379 e. The molecule has 1 saturated carbocycles. The van der Waals surface area contributed by atoms with Crippen LogP contribution in [-0.4, -0.2) is 61.6 Å². The van der Waals surface area contributed by atoms with Crippen molar-refractivity contribution >= 4 is 5.91 Å². The Hall–Kier alpha value is -0.870. The fourth-order valence-corrected chi connectivity index (χ4v) is 4.29. The highest BCUT2D eigenvalue weighted by Gasteiger charge is 2.41. The second-order valence-corrected chi connectivity index (χ2v) is 7.68. The number of nitrogens with zero attached hydrogens (tertiary/aromatic N) is 2. The third kappa shape index (κ3) is 3.38. The standard InChI is InChI=1S/C18H30N2O2/c1-3-6-19-9-10-22-14-18(13-19)4-7-20(8-5-18)17(21)16-11-15(2)12-16/h3,15-16H,1,4-14H2,2H3. The highest BCUT2D eigenvalue weighted by molar-refractivity contribution is 5.79. The number of rotatable bonds is 3. The molecule has 2 aliphatic heterocycles. The molecule has 0 aromatic heterocycles. The Morgan fingerprint density at radius 2 is 2.05 bits per heavy atom. The van der Waals surface area contributed by atoms with Gasteiger partial charge in [-0.1, -0.05) is 13.0 Å². The molecular weight excluding hydrogens is 276 g/mol. The minimum atomic E-state index is 0.239. The third-order valence-corrected chi connectivity index (χ3v) is 5.77. The summed E-state index contributed by atoms with van der Waals surface area (Å²) in [6, 6.07) is 0. The number of hydrogen-bond acceptors (Lipinski definition) is 3. The van der Waals surface area contributed by atoms with Gasteiger partial charge in [-0.2, -0.15) is 0 Å². The van der Waals surface area contributed by atoms with Crippen molar-refractivity contribution in [3.63, 3.8) is 0 Å². The topological polar surface area (TPSA) is 32.8 Å². The quantitative estimate of drug-likeness (QED) is 0.749. The molecule has 0 atom stereocenters. The first kappa shape index (κ1) is 16.0. The van der Waals surface area contributed by atoms with E-state index < -0.39 is 0 Å². The van der Waals surface area contributed by atoms with Crippen molar-refractivity contribution in [3.8, 4) is 0 Å². The minimum absolute atomic E-state index is 0.239. The van der Waals surface area contributed by atoms with Crippen molar-refractivity contribution in [3.05, 3.63) is 12.7 Å². The van der Waals surface area contributed by atoms with Crippen LogP contribution in [-0.2, 0) is 9.53 Å². The molecule has 0 aromatic carbocycles. The fourth-order valence-electron chi connectivity index (χ4n) is 4.29. The average molecular weight is 306 g/mol. The largest absolute Gasteiger partial charge is 0.379 e. The van der Waals surface area contributed by atoms with Gasteiger partial charge in [-0.05, 0) is 31.6 Å². The molecule has 124 valence electrons. The van der Waals surface area contributed by atoms with Gasteiger partial charge in [0.05, 0.1) is 13.2 Å². The van der Waals surface area contributed by atoms with Crippen LogP contribution in [0.5, 0.6) is 0 Å². The lowest BCUT2D eigenvalue weighted by molar-refractivity contribution is -0.142. The molecule has 2 heterocycles. The molecule has 4 nitrogen and oxygen atoms in total. The van der Waals surface area contributed by atoms with Crippen molar-refractivity contribution in [2.75, 3.05) is 45.9 Å². The molecule has 3 fully saturated rings. The number of likely N-dealkylation sites (tertiary alicyclic amines) is 1. The highest BCUT2D eigenvalue weighted by Crippen LogP contribution is 2.38. The van der Waals surface area contributed by atoms with E-state index in [0.29, 0.717) is 11.8 Å². The number of ether oxygens (including phenoxy) is 1. The molecule has 0 aromatic rings. The lowest BCUT2D eigenvalue weighted by Crippen LogP contribution is -2.51. The van der Waals surface area contributed by atoms with Crippen molar-refractivity contribution in [1.82, 2.24) is 9.80 Å². The SMILES string of the molecule is C=CCN1CCOCC2(CCN(C(=O)C3CC(C)C3)CC2)C1. The van der Waals surface area contributed by atoms with Gasteiger partial charge < -0.3 is 9.64 Å². The summed E-state index contributed by atoms with van der Waals surface area (Å²) in [5.74, 6) is 1.46. The molecule has 0 unspecified atom stereocenters. The van der Waals surface area contributed by atoms with Gasteiger partial charge in [-0.15, -0.1) is 6.58 Å². The number of carbonyl (C=O) groups is 1. The molecule has 3 aliphatic rings. The lowest BCUT2D eigenvalue weighted by atomic mass is 9.74. The first-order valence-corrected chi connectivity index (χ1v) is 8.82. The van der Waals surface area contributed by atoms with E-state index in [0.717, 1.165) is 77.5 Å². The molecule has 22 heavy (non-hydrogen) atoms. The molecule has 4 heteroatoms. The average Bonchev–Trinajstić information content (AvgIpc) is 2.67. The van der Waals surface area contributed by atoms with E-state index in [4.69, 9.17) is 4.74 Å². The van der Waals surface area contributed by atoms with E-state index >= 15 is 0 Å². The van der Waals surface area contributed by atoms with Crippen LogP contribution >= 0.6 is 0 Å². The van der Waals surface area contributed by atoms with Gasteiger partial charge in [0, 0.05) is 44.1 Å². The van der Waals surface area contributed by atoms with Crippen LogP contribution in [0.2, 0.25) is 0 Å². The van der Waals surface area contributed by atoms with E-state index in [1.165, 1.54) is 0 Å². The summed E-state index contributed by atoms with van der Waals surface area (Å²) in [5.41, 5.74) is 0.239. The van der Waals surface area contributed by atoms with Crippen LogP contribution in [0.1, 0.15) is 32.6 Å². The van der Waals surface area contributed by atoms with E-state index in [1.807, 2.05) is 6.08 Å². The van der Waals surface area contributed by atoms with Gasteiger partial charge in [0.15, 0.2) is 0 Å². The smallest absolute Gasteiger partial charge is 0.225 e. The van der Waals surface area contributed by atoms with Crippen LogP contribution in [0, 0.1) is 17.3 Å². The van der Waals surface area contributed by atoms with Crippen LogP contribution in [0.4, 0.5) is 0 Å². The van der Waals surface area contributed by atoms with Crippen LogP contribution in [0.15, 0.2) is 12.7 Å². The number of piperidine rings is 1. The summed E-state index contributed by atoms with van der Waals surface area (Å²) in [6.45, 7) is 12.6. The third-order valence-electron chi connectivity index (χ3n) is 5.77. The predicted octanol–water partition coefficient (Wildman–Crippen LogP) is 2.16. The molecule has 0 bridgehead atoms. The molecule has 1 spiro atoms. The molecule has 3 rings (SSSR count). The summed E-state index contributed by atoms with van der Waals surface area (Å²) in [6.07, 6.45) is 6.33. The molecule has 0 N–H and O–H groups in total. The fraction of sp³-hybridized carbons (Fsp3) is 0.833. The molecular formula is C18H30N2O2. The highest BCUT2D eigenvalue weighted by atomic mass is 16.5. The second kappa shape index (κ2) is 6.71. The van der Waals surface area contributed by atoms with Crippen LogP contribution < -0.4 is 0 Å². The Labute approximate surface area is 134 Å². The first-order chi connectivity index (χ1) is 10.6. The second-order valence-electron chi connectivity index (χ2n) is 7.68. The number of hydrogen-bond donors (Lipinski definition) is 0. The zero-order chi connectivity index (χ0) is 15.6. The van der Waals surface area contributed by atoms with E-state index in [-0.39, 0.29) is 5.41 Å². The maximum absolute atomic E-state index is 12.5. The Balaban J connectivity index is 1.55. The first-order valence-electron chi connectivity index (χ1n) is 8.82. The summed E-state index contributed by atoms with van der Waals surface area (Å²) in [4.78, 5) is 17.1. The number of amides is 1. The van der Waals surface area contributed by atoms with Gasteiger partial charge >= 0.3 is 0 Å². The predicted molar refractivity (Wildman–Crippen MR) is 87.6 cm³/mol. The summed E-state index contributed by atoms with van der Waals surface area (Å²) in [7, 11) is 0. The molecule has 1 amide bonds. The maximum atomic E-state index is 12.5. The van der Waals surface area contributed by atoms with E-state index in [1.54, 1.807) is 0 Å². The molecule has 0 radical (unpaired) electrons. The van der Waals surface area contributed by atoms with Gasteiger partial charge in [0.2, 0.25) is 5.91 Å². The summed E-state index contributed by atoms with van der Waals surface area (Å²) in [5, 5.41) is 0. The molecule has 1 aliphatic carbocycles. The zero-order valence-electron chi connectivity index (χ0n) is 13.9. The summed E-state index contributed by atoms with van der Waals surface area (Å²) >= 11 is 0. The summed E-state index contributed by atoms with van der Waals surface area (Å²) < 4.78 is 5.87. The Kier molecular flexibility index (Phi) is 4.88. The monoisotopic (exact) mass is 306 g/mol. The van der Waals surface area contributed by atoms with Crippen molar-refractivity contribution in [2.45, 2.75) is 32.6 Å². The van der Waals surface area contributed by atoms with Crippen molar-refractivity contribution in [2.24, 2.45) is 17.3 Å². The van der Waals surface area contributed by atoms with E-state index in [9.17, 15) is 4.79 Å². The number of carbonyl (C=O) groups excluding carboxylic acids is 1. The van der Waals surface area contributed by atoms with E-state index in [2.05, 4.69) is 23.3 Å². The maximum Gasteiger partial charge on any atom is 0.225 e. The van der Waals surface area contributed by atoms with Gasteiger partial charge in [-0.25, -0.2) is 0 Å². The van der Waals surface area contributed by atoms with Gasteiger partial charge in [0.25, 0.3) is 0 Å². The van der Waals surface area contributed by atoms with Crippen molar-refractivity contribution in [1.29, 1.82) is 0 Å². The van der Waals surface area contributed by atoms with Gasteiger partial charge in [0.1, 0.15) is 0 Å². The Morgan fingerprint density at radius 1 is 1.32 bits per heavy atom. The van der Waals surface area contributed by atoms with Crippen LogP contribution in [0.3, 0.4) is 0 Å². The molecule has 2 saturated heterocycles. The normalized spacial score (nSPS) is 32.3.